The highest BCUT2D eigenvalue weighted by Gasteiger charge is 2.27. The fourth-order valence-corrected chi connectivity index (χ4v) is 2.43. The first-order valence-corrected chi connectivity index (χ1v) is 5.29. The van der Waals surface area contributed by atoms with Crippen molar-refractivity contribution in [3.63, 3.8) is 0 Å². The predicted octanol–water partition coefficient (Wildman–Crippen LogP) is -0.247. The van der Waals surface area contributed by atoms with Gasteiger partial charge in [0.2, 0.25) is 0 Å². The van der Waals surface area contributed by atoms with Crippen LogP contribution in [0, 0.1) is 0 Å². The zero-order chi connectivity index (χ0) is 9.73. The second-order valence-corrected chi connectivity index (χ2v) is 4.44. The Morgan fingerprint density at radius 2 is 1.86 bits per heavy atom. The number of nitrogens with zero attached hydrogens (tertiary/aromatic N) is 1. The largest absolute Gasteiger partial charge is 1.00 e. The Morgan fingerprint density at radius 3 is 2.29 bits per heavy atom. The van der Waals surface area contributed by atoms with Crippen molar-refractivity contribution in [2.75, 3.05) is 26.2 Å². The van der Waals surface area contributed by atoms with Gasteiger partial charge in [-0.1, -0.05) is 13.2 Å². The standard InChI is InChI=1S/C12H22N.ClH/c1-4-8-13(11-12(2)3)9-6-5-7-10-13;/h4H,1-2,5-11H2,3H3;1H/q+1;/p-1. The van der Waals surface area contributed by atoms with E-state index in [-0.39, 0.29) is 12.4 Å². The van der Waals surface area contributed by atoms with Gasteiger partial charge in [0.25, 0.3) is 0 Å². The zero-order valence-electron chi connectivity index (χ0n) is 9.27. The SMILES string of the molecule is C=CC[N+]1(CC(=C)C)CCCCC1.[Cl-]. The first-order chi connectivity index (χ1) is 6.18. The third-order valence-corrected chi connectivity index (χ3v) is 2.89. The average Bonchev–Trinajstić information content (AvgIpc) is 2.04. The number of hydrogen-bond acceptors (Lipinski definition) is 0. The summed E-state index contributed by atoms with van der Waals surface area (Å²) in [6, 6.07) is 0. The molecule has 0 spiro atoms. The van der Waals surface area contributed by atoms with E-state index in [1.807, 2.05) is 0 Å². The van der Waals surface area contributed by atoms with Crippen LogP contribution in [0.5, 0.6) is 0 Å². The molecule has 1 fully saturated rings. The van der Waals surface area contributed by atoms with Crippen LogP contribution in [-0.4, -0.2) is 30.7 Å². The van der Waals surface area contributed by atoms with Crippen molar-refractivity contribution in [2.24, 2.45) is 0 Å². The number of rotatable bonds is 4. The maximum atomic E-state index is 4.03. The van der Waals surface area contributed by atoms with E-state index in [1.165, 1.54) is 42.4 Å². The Kier molecular flexibility index (Phi) is 6.14. The molecule has 0 atom stereocenters. The Hall–Kier alpha value is -0.270. The van der Waals surface area contributed by atoms with E-state index in [9.17, 15) is 0 Å². The van der Waals surface area contributed by atoms with Crippen LogP contribution in [0.2, 0.25) is 0 Å². The van der Waals surface area contributed by atoms with Crippen molar-refractivity contribution in [3.8, 4) is 0 Å². The number of hydrogen-bond donors (Lipinski definition) is 0. The van der Waals surface area contributed by atoms with Crippen LogP contribution in [0.25, 0.3) is 0 Å². The lowest BCUT2D eigenvalue weighted by Crippen LogP contribution is -3.00. The third kappa shape index (κ3) is 3.85. The molecule has 1 saturated heterocycles. The van der Waals surface area contributed by atoms with Crippen molar-refractivity contribution in [2.45, 2.75) is 26.2 Å². The predicted molar refractivity (Wildman–Crippen MR) is 58.6 cm³/mol. The van der Waals surface area contributed by atoms with Crippen molar-refractivity contribution < 1.29 is 16.9 Å². The van der Waals surface area contributed by atoms with Gasteiger partial charge in [0, 0.05) is 0 Å². The quantitative estimate of drug-likeness (QED) is 0.449. The monoisotopic (exact) mass is 215 g/mol. The second-order valence-electron chi connectivity index (χ2n) is 4.44. The van der Waals surface area contributed by atoms with Crippen molar-refractivity contribution >= 4 is 0 Å². The lowest BCUT2D eigenvalue weighted by Gasteiger charge is -2.41. The van der Waals surface area contributed by atoms with Gasteiger partial charge in [-0.25, -0.2) is 0 Å². The molecule has 1 nitrogen and oxygen atoms in total. The van der Waals surface area contributed by atoms with Gasteiger partial charge in [0.1, 0.15) is 0 Å². The van der Waals surface area contributed by atoms with Gasteiger partial charge in [-0.3, -0.25) is 0 Å². The molecule has 0 saturated carbocycles. The molecular weight excluding hydrogens is 194 g/mol. The van der Waals surface area contributed by atoms with Crippen LogP contribution in [0.4, 0.5) is 0 Å². The summed E-state index contributed by atoms with van der Waals surface area (Å²) in [5.74, 6) is 0. The van der Waals surface area contributed by atoms with E-state index in [0.29, 0.717) is 0 Å². The fourth-order valence-electron chi connectivity index (χ4n) is 2.43. The van der Waals surface area contributed by atoms with E-state index >= 15 is 0 Å². The number of quaternary nitrogens is 1. The first kappa shape index (κ1) is 13.7. The molecule has 0 N–H and O–H groups in total. The molecule has 0 aromatic heterocycles. The summed E-state index contributed by atoms with van der Waals surface area (Å²) in [5, 5.41) is 0. The van der Waals surface area contributed by atoms with Gasteiger partial charge in [-0.2, -0.15) is 0 Å². The molecule has 1 heterocycles. The molecule has 0 aromatic carbocycles. The molecule has 0 aromatic rings. The van der Waals surface area contributed by atoms with Gasteiger partial charge in [-0.15, -0.1) is 0 Å². The average molecular weight is 216 g/mol. The maximum Gasteiger partial charge on any atom is 0.1000 e. The van der Waals surface area contributed by atoms with Gasteiger partial charge in [0.15, 0.2) is 0 Å². The Bertz CT molecular complexity index is 192. The second kappa shape index (κ2) is 6.26. The molecule has 2 heteroatoms. The van der Waals surface area contributed by atoms with Crippen molar-refractivity contribution in [1.82, 2.24) is 0 Å². The summed E-state index contributed by atoms with van der Waals surface area (Å²) in [6.45, 7) is 14.9. The van der Waals surface area contributed by atoms with Crippen LogP contribution in [0.1, 0.15) is 26.2 Å². The van der Waals surface area contributed by atoms with Gasteiger partial charge in [-0.05, 0) is 37.8 Å². The Morgan fingerprint density at radius 1 is 1.29 bits per heavy atom. The summed E-state index contributed by atoms with van der Waals surface area (Å²) >= 11 is 0. The highest BCUT2D eigenvalue weighted by atomic mass is 35.5. The highest BCUT2D eigenvalue weighted by Crippen LogP contribution is 2.20. The zero-order valence-corrected chi connectivity index (χ0v) is 10.0. The maximum absolute atomic E-state index is 4.03. The van der Waals surface area contributed by atoms with Gasteiger partial charge < -0.3 is 16.9 Å². The molecular formula is C12H22ClN. The molecule has 0 bridgehead atoms. The summed E-state index contributed by atoms with van der Waals surface area (Å²) < 4.78 is 1.21. The van der Waals surface area contributed by atoms with E-state index in [4.69, 9.17) is 0 Å². The summed E-state index contributed by atoms with van der Waals surface area (Å²) in [6.07, 6.45) is 6.23. The van der Waals surface area contributed by atoms with Gasteiger partial charge in [0.05, 0.1) is 26.2 Å². The molecule has 14 heavy (non-hydrogen) atoms. The topological polar surface area (TPSA) is 0 Å². The third-order valence-electron chi connectivity index (χ3n) is 2.89. The molecule has 0 aliphatic carbocycles. The van der Waals surface area contributed by atoms with E-state index in [0.717, 1.165) is 13.1 Å². The lowest BCUT2D eigenvalue weighted by atomic mass is 10.1. The minimum atomic E-state index is 0. The molecule has 0 radical (unpaired) electrons. The molecule has 1 rings (SSSR count). The van der Waals surface area contributed by atoms with E-state index in [2.05, 4.69) is 26.2 Å². The van der Waals surface area contributed by atoms with Gasteiger partial charge >= 0.3 is 0 Å². The minimum absolute atomic E-state index is 0. The lowest BCUT2D eigenvalue weighted by molar-refractivity contribution is -0.922. The van der Waals surface area contributed by atoms with Crippen LogP contribution < -0.4 is 12.4 Å². The minimum Gasteiger partial charge on any atom is -1.00 e. The molecule has 0 amide bonds. The Balaban J connectivity index is 0.00000169. The van der Waals surface area contributed by atoms with Crippen molar-refractivity contribution in [3.05, 3.63) is 24.8 Å². The summed E-state index contributed by atoms with van der Waals surface area (Å²) in [5.41, 5.74) is 1.31. The van der Waals surface area contributed by atoms with E-state index < -0.39 is 0 Å². The Labute approximate surface area is 94.5 Å². The number of likely N-dealkylation sites (tertiary alicyclic amines) is 1. The normalized spacial score (nSPS) is 19.5. The van der Waals surface area contributed by atoms with Crippen molar-refractivity contribution in [1.29, 1.82) is 0 Å². The molecule has 1 aliphatic rings. The smallest absolute Gasteiger partial charge is 0.1000 e. The number of halogens is 1. The first-order valence-electron chi connectivity index (χ1n) is 5.29. The van der Waals surface area contributed by atoms with Crippen LogP contribution in [0.3, 0.4) is 0 Å². The number of piperidine rings is 1. The van der Waals surface area contributed by atoms with Crippen LogP contribution in [-0.2, 0) is 0 Å². The molecule has 0 unspecified atom stereocenters. The van der Waals surface area contributed by atoms with E-state index in [1.54, 1.807) is 0 Å². The fraction of sp³-hybridized carbons (Fsp3) is 0.667. The summed E-state index contributed by atoms with van der Waals surface area (Å²) in [4.78, 5) is 0. The molecule has 1 aliphatic heterocycles. The van der Waals surface area contributed by atoms with Crippen LogP contribution >= 0.6 is 0 Å². The summed E-state index contributed by atoms with van der Waals surface area (Å²) in [7, 11) is 0. The van der Waals surface area contributed by atoms with Crippen LogP contribution in [0.15, 0.2) is 24.8 Å². The highest BCUT2D eigenvalue weighted by molar-refractivity contribution is 4.89. The molecule has 82 valence electrons.